The SMILES string of the molecule is O=S(=O)(Cc1ccccc1)NC1CC(Cl)C1. The molecule has 1 fully saturated rings. The molecule has 3 nitrogen and oxygen atoms in total. The Morgan fingerprint density at radius 1 is 1.25 bits per heavy atom. The van der Waals surface area contributed by atoms with Crippen molar-refractivity contribution in [2.75, 3.05) is 0 Å². The number of benzene rings is 1. The maximum atomic E-state index is 11.8. The van der Waals surface area contributed by atoms with E-state index in [0.29, 0.717) is 0 Å². The van der Waals surface area contributed by atoms with Crippen molar-refractivity contribution in [3.05, 3.63) is 35.9 Å². The molecular formula is C11H14ClNO2S. The van der Waals surface area contributed by atoms with Crippen molar-refractivity contribution in [1.29, 1.82) is 0 Å². The summed E-state index contributed by atoms with van der Waals surface area (Å²) in [5, 5.41) is 0.129. The van der Waals surface area contributed by atoms with Crippen molar-refractivity contribution in [1.82, 2.24) is 4.72 Å². The van der Waals surface area contributed by atoms with Gasteiger partial charge in [0.15, 0.2) is 0 Å². The first-order valence-corrected chi connectivity index (χ1v) is 7.32. The van der Waals surface area contributed by atoms with Gasteiger partial charge in [0, 0.05) is 11.4 Å². The summed E-state index contributed by atoms with van der Waals surface area (Å²) in [6.45, 7) is 0. The average Bonchev–Trinajstić information content (AvgIpc) is 2.15. The summed E-state index contributed by atoms with van der Waals surface area (Å²) >= 11 is 5.80. The molecule has 5 heteroatoms. The minimum atomic E-state index is -3.23. The predicted molar refractivity (Wildman–Crippen MR) is 64.9 cm³/mol. The molecule has 0 unspecified atom stereocenters. The minimum Gasteiger partial charge on any atom is -0.212 e. The van der Waals surface area contributed by atoms with Crippen molar-refractivity contribution in [2.45, 2.75) is 30.0 Å². The molecule has 0 spiro atoms. The van der Waals surface area contributed by atoms with Gasteiger partial charge in [-0.15, -0.1) is 11.6 Å². The molecule has 16 heavy (non-hydrogen) atoms. The predicted octanol–water partition coefficient (Wildman–Crippen LogP) is 1.88. The quantitative estimate of drug-likeness (QED) is 0.840. The second-order valence-electron chi connectivity index (χ2n) is 4.13. The van der Waals surface area contributed by atoms with Gasteiger partial charge in [0.25, 0.3) is 0 Å². The second-order valence-corrected chi connectivity index (χ2v) is 6.50. The summed E-state index contributed by atoms with van der Waals surface area (Å²) in [5.74, 6) is 0.0390. The van der Waals surface area contributed by atoms with Crippen LogP contribution in [0.4, 0.5) is 0 Å². The fourth-order valence-corrected chi connectivity index (χ4v) is 3.58. The zero-order valence-electron chi connectivity index (χ0n) is 8.77. The maximum absolute atomic E-state index is 11.8. The molecule has 0 saturated heterocycles. The average molecular weight is 260 g/mol. The summed E-state index contributed by atoms with van der Waals surface area (Å²) in [6, 6.07) is 9.19. The Hall–Kier alpha value is -0.580. The molecule has 1 aliphatic rings. The van der Waals surface area contributed by atoms with Gasteiger partial charge in [0.1, 0.15) is 0 Å². The highest BCUT2D eigenvalue weighted by molar-refractivity contribution is 7.88. The molecular weight excluding hydrogens is 246 g/mol. The van der Waals surface area contributed by atoms with E-state index in [-0.39, 0.29) is 17.2 Å². The molecule has 1 saturated carbocycles. The fourth-order valence-electron chi connectivity index (χ4n) is 1.73. The Morgan fingerprint density at radius 3 is 2.44 bits per heavy atom. The van der Waals surface area contributed by atoms with Gasteiger partial charge in [-0.1, -0.05) is 30.3 Å². The lowest BCUT2D eigenvalue weighted by Crippen LogP contribution is -2.45. The van der Waals surface area contributed by atoms with Gasteiger partial charge in [-0.2, -0.15) is 0 Å². The van der Waals surface area contributed by atoms with Crippen LogP contribution in [0, 0.1) is 0 Å². The molecule has 1 aromatic carbocycles. The van der Waals surface area contributed by atoms with Gasteiger partial charge in [0.2, 0.25) is 10.0 Å². The van der Waals surface area contributed by atoms with E-state index in [0.717, 1.165) is 18.4 Å². The Balaban J connectivity index is 1.93. The van der Waals surface area contributed by atoms with Gasteiger partial charge in [-0.05, 0) is 18.4 Å². The first-order valence-electron chi connectivity index (χ1n) is 5.23. The zero-order chi connectivity index (χ0) is 11.6. The van der Waals surface area contributed by atoms with Crippen molar-refractivity contribution < 1.29 is 8.42 Å². The van der Waals surface area contributed by atoms with E-state index in [4.69, 9.17) is 11.6 Å². The monoisotopic (exact) mass is 259 g/mol. The summed E-state index contributed by atoms with van der Waals surface area (Å²) < 4.78 is 26.2. The number of rotatable bonds is 4. The van der Waals surface area contributed by atoms with Gasteiger partial charge in [0.05, 0.1) is 5.75 Å². The Labute approximate surface area is 101 Å². The van der Waals surface area contributed by atoms with E-state index in [9.17, 15) is 8.42 Å². The fraction of sp³-hybridized carbons (Fsp3) is 0.455. The molecule has 0 amide bonds. The van der Waals surface area contributed by atoms with Crippen molar-refractivity contribution >= 4 is 21.6 Å². The number of sulfonamides is 1. The number of alkyl halides is 1. The molecule has 88 valence electrons. The van der Waals surface area contributed by atoms with Crippen LogP contribution in [0.1, 0.15) is 18.4 Å². The Kier molecular flexibility index (Phi) is 3.52. The Morgan fingerprint density at radius 2 is 1.88 bits per heavy atom. The van der Waals surface area contributed by atoms with Crippen LogP contribution < -0.4 is 4.72 Å². The van der Waals surface area contributed by atoms with Gasteiger partial charge >= 0.3 is 0 Å². The molecule has 1 N–H and O–H groups in total. The van der Waals surface area contributed by atoms with E-state index in [1.807, 2.05) is 30.3 Å². The van der Waals surface area contributed by atoms with Crippen molar-refractivity contribution in [3.8, 4) is 0 Å². The molecule has 0 bridgehead atoms. The van der Waals surface area contributed by atoms with Crippen LogP contribution in [0.3, 0.4) is 0 Å². The lowest BCUT2D eigenvalue weighted by molar-refractivity contribution is 0.391. The smallest absolute Gasteiger partial charge is 0.212 e. The molecule has 0 heterocycles. The molecule has 0 aromatic heterocycles. The molecule has 0 radical (unpaired) electrons. The van der Waals surface area contributed by atoms with Gasteiger partial charge in [-0.25, -0.2) is 13.1 Å². The normalized spacial score (nSPS) is 25.1. The first-order chi connectivity index (χ1) is 7.55. The summed E-state index contributed by atoms with van der Waals surface area (Å²) in [6.07, 6.45) is 1.46. The molecule has 0 atom stereocenters. The van der Waals surface area contributed by atoms with Crippen LogP contribution in [0.5, 0.6) is 0 Å². The van der Waals surface area contributed by atoms with Crippen LogP contribution in [-0.4, -0.2) is 19.8 Å². The lowest BCUT2D eigenvalue weighted by atomic mass is 9.94. The highest BCUT2D eigenvalue weighted by Crippen LogP contribution is 2.26. The first kappa shape index (κ1) is 11.9. The van der Waals surface area contributed by atoms with E-state index in [1.165, 1.54) is 0 Å². The van der Waals surface area contributed by atoms with Crippen molar-refractivity contribution in [3.63, 3.8) is 0 Å². The Bertz CT molecular complexity index is 440. The zero-order valence-corrected chi connectivity index (χ0v) is 10.3. The van der Waals surface area contributed by atoms with Crippen LogP contribution >= 0.6 is 11.6 Å². The molecule has 2 rings (SSSR count). The van der Waals surface area contributed by atoms with E-state index < -0.39 is 10.0 Å². The van der Waals surface area contributed by atoms with Crippen LogP contribution in [0.15, 0.2) is 30.3 Å². The number of nitrogens with one attached hydrogen (secondary N) is 1. The highest BCUT2D eigenvalue weighted by atomic mass is 35.5. The van der Waals surface area contributed by atoms with Crippen molar-refractivity contribution in [2.24, 2.45) is 0 Å². The third kappa shape index (κ3) is 3.20. The van der Waals surface area contributed by atoms with Crippen LogP contribution in [0.2, 0.25) is 0 Å². The molecule has 1 aliphatic carbocycles. The second kappa shape index (κ2) is 4.73. The van der Waals surface area contributed by atoms with Crippen LogP contribution in [-0.2, 0) is 15.8 Å². The maximum Gasteiger partial charge on any atom is 0.216 e. The van der Waals surface area contributed by atoms with Crippen LogP contribution in [0.25, 0.3) is 0 Å². The summed E-state index contributed by atoms with van der Waals surface area (Å²) in [4.78, 5) is 0. The van der Waals surface area contributed by atoms with E-state index in [2.05, 4.69) is 4.72 Å². The topological polar surface area (TPSA) is 46.2 Å². The summed E-state index contributed by atoms with van der Waals surface area (Å²) in [5.41, 5.74) is 0.803. The number of hydrogen-bond acceptors (Lipinski definition) is 2. The summed E-state index contributed by atoms with van der Waals surface area (Å²) in [7, 11) is -3.23. The highest BCUT2D eigenvalue weighted by Gasteiger charge is 2.30. The van der Waals surface area contributed by atoms with E-state index >= 15 is 0 Å². The lowest BCUT2D eigenvalue weighted by Gasteiger charge is -2.31. The van der Waals surface area contributed by atoms with Gasteiger partial charge in [-0.3, -0.25) is 0 Å². The number of hydrogen-bond donors (Lipinski definition) is 1. The largest absolute Gasteiger partial charge is 0.216 e. The third-order valence-corrected chi connectivity index (χ3v) is 4.39. The third-order valence-electron chi connectivity index (χ3n) is 2.63. The minimum absolute atomic E-state index is 0.0243. The standard InChI is InChI=1S/C11H14ClNO2S/c12-10-6-11(7-10)13-16(14,15)8-9-4-2-1-3-5-9/h1-5,10-11,13H,6-8H2. The molecule has 0 aliphatic heterocycles. The molecule has 1 aromatic rings. The van der Waals surface area contributed by atoms with E-state index in [1.54, 1.807) is 0 Å². The number of halogens is 1. The van der Waals surface area contributed by atoms with Gasteiger partial charge < -0.3 is 0 Å².